The van der Waals surface area contributed by atoms with Gasteiger partial charge in [0.05, 0.1) is 16.3 Å². The second kappa shape index (κ2) is 8.55. The molecule has 0 atom stereocenters. The quantitative estimate of drug-likeness (QED) is 0.489. The first kappa shape index (κ1) is 20.7. The molecule has 1 saturated heterocycles. The lowest BCUT2D eigenvalue weighted by atomic mass is 10.1. The van der Waals surface area contributed by atoms with Gasteiger partial charge in [0.1, 0.15) is 4.32 Å². The highest BCUT2D eigenvalue weighted by atomic mass is 32.2. The monoisotopic (exact) mass is 431 g/mol. The molecule has 0 aliphatic carbocycles. The lowest BCUT2D eigenvalue weighted by molar-refractivity contribution is -0.122. The average Bonchev–Trinajstić information content (AvgIpc) is 3.18. The van der Waals surface area contributed by atoms with E-state index in [1.807, 2.05) is 44.4 Å². The molecule has 1 aliphatic rings. The smallest absolute Gasteiger partial charge is 0.266 e. The van der Waals surface area contributed by atoms with Crippen LogP contribution < -0.4 is 4.90 Å². The van der Waals surface area contributed by atoms with Crippen molar-refractivity contribution in [1.82, 2.24) is 9.88 Å². The van der Waals surface area contributed by atoms with Crippen LogP contribution in [0.5, 0.6) is 0 Å². The Bertz CT molecular complexity index is 981. The molecule has 1 fully saturated rings. The number of carbonyl (C=O) groups excluding carboxylic acids is 2. The highest BCUT2D eigenvalue weighted by Crippen LogP contribution is 2.35. The van der Waals surface area contributed by atoms with E-state index in [4.69, 9.17) is 12.2 Å². The van der Waals surface area contributed by atoms with Crippen LogP contribution in [-0.2, 0) is 9.59 Å². The Kier molecular flexibility index (Phi) is 6.32. The molecule has 0 bridgehead atoms. The molecule has 1 aromatic carbocycles. The third-order valence-corrected chi connectivity index (χ3v) is 6.59. The van der Waals surface area contributed by atoms with E-state index in [0.29, 0.717) is 26.6 Å². The fourth-order valence-corrected chi connectivity index (χ4v) is 4.93. The molecule has 3 rings (SSSR count). The van der Waals surface area contributed by atoms with E-state index in [1.54, 1.807) is 15.9 Å². The summed E-state index contributed by atoms with van der Waals surface area (Å²) in [5, 5.41) is 2.42. The summed E-state index contributed by atoms with van der Waals surface area (Å²) in [7, 11) is 0. The maximum Gasteiger partial charge on any atom is 0.266 e. The Labute approximate surface area is 178 Å². The van der Waals surface area contributed by atoms with E-state index in [0.717, 1.165) is 17.7 Å². The maximum absolute atomic E-state index is 12.5. The normalized spacial score (nSPS) is 15.6. The van der Waals surface area contributed by atoms with E-state index in [9.17, 15) is 9.59 Å². The molecule has 0 saturated carbocycles. The van der Waals surface area contributed by atoms with Crippen molar-refractivity contribution in [3.05, 3.63) is 45.3 Å². The molecule has 2 amide bonds. The van der Waals surface area contributed by atoms with E-state index in [-0.39, 0.29) is 11.8 Å². The second-order valence-corrected chi connectivity index (χ2v) is 9.02. The predicted octanol–water partition coefficient (Wildman–Crippen LogP) is 5.06. The predicted molar refractivity (Wildman–Crippen MR) is 121 cm³/mol. The molecule has 0 N–H and O–H groups in total. The molecule has 2 heterocycles. The van der Waals surface area contributed by atoms with Crippen molar-refractivity contribution in [2.24, 2.45) is 0 Å². The number of rotatable bonds is 5. The number of hydrogen-bond acceptors (Lipinski definition) is 6. The average molecular weight is 432 g/mol. The Balaban J connectivity index is 1.90. The minimum Gasteiger partial charge on any atom is -0.293 e. The summed E-state index contributed by atoms with van der Waals surface area (Å²) in [5.74, 6) is -0.192. The van der Waals surface area contributed by atoms with Crippen molar-refractivity contribution in [3.8, 4) is 0 Å². The van der Waals surface area contributed by atoms with Crippen molar-refractivity contribution in [1.29, 1.82) is 0 Å². The molecular weight excluding hydrogens is 410 g/mol. The first-order valence-corrected chi connectivity index (χ1v) is 11.0. The highest BCUT2D eigenvalue weighted by Gasteiger charge is 2.31. The van der Waals surface area contributed by atoms with E-state index in [1.165, 1.54) is 35.6 Å². The number of thioether (sulfide) groups is 1. The number of benzene rings is 1. The van der Waals surface area contributed by atoms with Crippen LogP contribution in [-0.4, -0.2) is 32.6 Å². The number of aromatic nitrogens is 1. The van der Waals surface area contributed by atoms with Crippen LogP contribution in [0, 0.1) is 13.8 Å². The number of thiocarbonyl (C=S) groups is 1. The van der Waals surface area contributed by atoms with Gasteiger partial charge >= 0.3 is 0 Å². The molecular formula is C20H21N3O2S3. The van der Waals surface area contributed by atoms with E-state index in [2.05, 4.69) is 4.98 Å². The molecule has 8 heteroatoms. The van der Waals surface area contributed by atoms with Crippen molar-refractivity contribution in [2.45, 2.75) is 34.1 Å². The number of anilines is 2. The summed E-state index contributed by atoms with van der Waals surface area (Å²) < 4.78 is 0.578. The Morgan fingerprint density at radius 3 is 2.71 bits per heavy atom. The number of thiazole rings is 1. The van der Waals surface area contributed by atoms with Crippen LogP contribution >= 0.6 is 35.3 Å². The highest BCUT2D eigenvalue weighted by molar-refractivity contribution is 8.26. The van der Waals surface area contributed by atoms with Gasteiger partial charge in [0, 0.05) is 18.8 Å². The van der Waals surface area contributed by atoms with Crippen LogP contribution in [0.15, 0.2) is 28.5 Å². The SMILES string of the molecule is CCCN1C(=O)/C(=C/c2csc(N(C(C)=O)c3ccc(C)c(C)c3)n2)SC1=S. The molecule has 0 radical (unpaired) electrons. The van der Waals surface area contributed by atoms with Crippen LogP contribution in [0.25, 0.3) is 6.08 Å². The number of aryl methyl sites for hydroxylation is 2. The first-order valence-electron chi connectivity index (χ1n) is 8.90. The zero-order chi connectivity index (χ0) is 20.4. The number of nitrogens with zero attached hydrogens (tertiary/aromatic N) is 3. The van der Waals surface area contributed by atoms with Gasteiger partial charge in [-0.05, 0) is 49.6 Å². The minimum absolute atomic E-state index is 0.0796. The fraction of sp³-hybridized carbons (Fsp3) is 0.300. The summed E-state index contributed by atoms with van der Waals surface area (Å²) in [6.45, 7) is 8.20. The van der Waals surface area contributed by atoms with Gasteiger partial charge in [-0.2, -0.15) is 0 Å². The molecule has 28 heavy (non-hydrogen) atoms. The molecule has 2 aromatic rings. The zero-order valence-corrected chi connectivity index (χ0v) is 18.6. The minimum atomic E-state index is -0.113. The molecule has 1 aliphatic heterocycles. The van der Waals surface area contributed by atoms with Gasteiger partial charge in [-0.15, -0.1) is 11.3 Å². The third-order valence-electron chi connectivity index (χ3n) is 4.36. The Morgan fingerprint density at radius 2 is 2.07 bits per heavy atom. The summed E-state index contributed by atoms with van der Waals surface area (Å²) in [4.78, 5) is 33.2. The van der Waals surface area contributed by atoms with Gasteiger partial charge in [0.15, 0.2) is 5.13 Å². The number of amides is 2. The molecule has 5 nitrogen and oxygen atoms in total. The van der Waals surface area contributed by atoms with Crippen molar-refractivity contribution < 1.29 is 9.59 Å². The van der Waals surface area contributed by atoms with Crippen LogP contribution in [0.4, 0.5) is 10.8 Å². The number of carbonyl (C=O) groups is 2. The van der Waals surface area contributed by atoms with Gasteiger partial charge in [0.2, 0.25) is 5.91 Å². The van der Waals surface area contributed by atoms with Gasteiger partial charge in [0.25, 0.3) is 5.91 Å². The fourth-order valence-electron chi connectivity index (χ4n) is 2.79. The Hall–Kier alpha value is -2.03. The molecule has 0 unspecified atom stereocenters. The summed E-state index contributed by atoms with van der Waals surface area (Å²) in [6, 6.07) is 5.89. The van der Waals surface area contributed by atoms with E-state index < -0.39 is 0 Å². The molecule has 146 valence electrons. The largest absolute Gasteiger partial charge is 0.293 e. The summed E-state index contributed by atoms with van der Waals surface area (Å²) >= 11 is 7.96. The summed E-state index contributed by atoms with van der Waals surface area (Å²) in [5.41, 5.74) is 3.71. The topological polar surface area (TPSA) is 53.5 Å². The van der Waals surface area contributed by atoms with Crippen molar-refractivity contribution in [3.63, 3.8) is 0 Å². The second-order valence-electron chi connectivity index (χ2n) is 6.51. The standard InChI is InChI=1S/C20H21N3O2S3/c1-5-8-22-18(25)17(28-20(22)26)10-15-11-27-19(21-15)23(14(4)24)16-7-6-12(2)13(3)9-16/h6-7,9-11H,5,8H2,1-4H3/b17-10-. The van der Waals surface area contributed by atoms with Gasteiger partial charge in [-0.25, -0.2) is 4.98 Å². The summed E-state index contributed by atoms with van der Waals surface area (Å²) in [6.07, 6.45) is 2.60. The van der Waals surface area contributed by atoms with E-state index >= 15 is 0 Å². The zero-order valence-electron chi connectivity index (χ0n) is 16.2. The molecule has 0 spiro atoms. The van der Waals surface area contributed by atoms with Crippen LogP contribution in [0.2, 0.25) is 0 Å². The maximum atomic E-state index is 12.5. The Morgan fingerprint density at radius 1 is 1.32 bits per heavy atom. The van der Waals surface area contributed by atoms with Gasteiger partial charge < -0.3 is 0 Å². The molecule has 1 aromatic heterocycles. The first-order chi connectivity index (χ1) is 13.3. The van der Waals surface area contributed by atoms with Crippen LogP contribution in [0.3, 0.4) is 0 Å². The van der Waals surface area contributed by atoms with Crippen molar-refractivity contribution >= 4 is 68.3 Å². The lowest BCUT2D eigenvalue weighted by Gasteiger charge is -2.19. The van der Waals surface area contributed by atoms with Gasteiger partial charge in [-0.1, -0.05) is 37.0 Å². The third kappa shape index (κ3) is 4.19. The number of hydrogen-bond donors (Lipinski definition) is 0. The lowest BCUT2D eigenvalue weighted by Crippen LogP contribution is -2.28. The van der Waals surface area contributed by atoms with Crippen molar-refractivity contribution in [2.75, 3.05) is 11.4 Å². The van der Waals surface area contributed by atoms with Crippen LogP contribution in [0.1, 0.15) is 37.1 Å². The van der Waals surface area contributed by atoms with Gasteiger partial charge in [-0.3, -0.25) is 19.4 Å².